The van der Waals surface area contributed by atoms with E-state index >= 15 is 0 Å². The van der Waals surface area contributed by atoms with E-state index in [2.05, 4.69) is 10.6 Å². The third-order valence-corrected chi connectivity index (χ3v) is 3.91. The normalized spacial score (nSPS) is 10.3. The lowest BCUT2D eigenvalue weighted by atomic mass is 10.2. The number of amides is 1. The van der Waals surface area contributed by atoms with Crippen molar-refractivity contribution in [3.63, 3.8) is 0 Å². The van der Waals surface area contributed by atoms with Crippen LogP contribution in [0.3, 0.4) is 0 Å². The monoisotopic (exact) mass is 366 g/mol. The SMILES string of the molecule is O=C(CNCc1ccc(Cl)cc1)Nc1ccccc1Oc1ccccc1. The summed E-state index contributed by atoms with van der Waals surface area (Å²) < 4.78 is 5.85. The van der Waals surface area contributed by atoms with Crippen molar-refractivity contribution in [3.8, 4) is 11.5 Å². The number of anilines is 1. The highest BCUT2D eigenvalue weighted by Crippen LogP contribution is 2.28. The van der Waals surface area contributed by atoms with Gasteiger partial charge in [0, 0.05) is 11.6 Å². The summed E-state index contributed by atoms with van der Waals surface area (Å²) in [6.45, 7) is 0.787. The second-order valence-corrected chi connectivity index (χ2v) is 6.13. The van der Waals surface area contributed by atoms with Crippen molar-refractivity contribution in [2.24, 2.45) is 0 Å². The van der Waals surface area contributed by atoms with E-state index in [4.69, 9.17) is 16.3 Å². The Balaban J connectivity index is 1.55. The van der Waals surface area contributed by atoms with Crippen LogP contribution in [-0.2, 0) is 11.3 Å². The molecule has 0 aliphatic heterocycles. The molecule has 2 N–H and O–H groups in total. The minimum Gasteiger partial charge on any atom is -0.455 e. The summed E-state index contributed by atoms with van der Waals surface area (Å²) in [5.74, 6) is 1.18. The van der Waals surface area contributed by atoms with Gasteiger partial charge in [-0.15, -0.1) is 0 Å². The van der Waals surface area contributed by atoms with Gasteiger partial charge in [-0.2, -0.15) is 0 Å². The van der Waals surface area contributed by atoms with Crippen LogP contribution in [0, 0.1) is 0 Å². The molecule has 3 aromatic carbocycles. The first-order valence-electron chi connectivity index (χ1n) is 8.27. The fraction of sp³-hybridized carbons (Fsp3) is 0.0952. The van der Waals surface area contributed by atoms with Crippen molar-refractivity contribution >= 4 is 23.2 Å². The maximum Gasteiger partial charge on any atom is 0.238 e. The Morgan fingerprint density at radius 1 is 0.885 bits per heavy atom. The summed E-state index contributed by atoms with van der Waals surface area (Å²) in [5, 5.41) is 6.69. The fourth-order valence-electron chi connectivity index (χ4n) is 2.39. The van der Waals surface area contributed by atoms with Gasteiger partial charge in [0.15, 0.2) is 5.75 Å². The summed E-state index contributed by atoms with van der Waals surface area (Å²) in [6, 6.07) is 24.3. The van der Waals surface area contributed by atoms with Crippen molar-refractivity contribution in [1.29, 1.82) is 0 Å². The average molecular weight is 367 g/mol. The Kier molecular flexibility index (Phi) is 6.25. The molecule has 132 valence electrons. The second-order valence-electron chi connectivity index (χ2n) is 5.69. The van der Waals surface area contributed by atoms with Crippen molar-refractivity contribution in [3.05, 3.63) is 89.4 Å². The van der Waals surface area contributed by atoms with Crippen LogP contribution in [0.5, 0.6) is 11.5 Å². The quantitative estimate of drug-likeness (QED) is 0.627. The molecule has 0 radical (unpaired) electrons. The minimum absolute atomic E-state index is 0.136. The number of halogens is 1. The minimum atomic E-state index is -0.136. The maximum absolute atomic E-state index is 12.2. The first kappa shape index (κ1) is 18.0. The molecule has 3 rings (SSSR count). The van der Waals surface area contributed by atoms with Gasteiger partial charge in [-0.1, -0.05) is 54.1 Å². The van der Waals surface area contributed by atoms with E-state index in [0.29, 0.717) is 23.0 Å². The Labute approximate surface area is 157 Å². The van der Waals surface area contributed by atoms with Gasteiger partial charge < -0.3 is 15.4 Å². The molecule has 4 nitrogen and oxygen atoms in total. The summed E-state index contributed by atoms with van der Waals surface area (Å²) in [7, 11) is 0. The Bertz CT molecular complexity index is 851. The highest BCUT2D eigenvalue weighted by Gasteiger charge is 2.08. The highest BCUT2D eigenvalue weighted by molar-refractivity contribution is 6.30. The fourth-order valence-corrected chi connectivity index (χ4v) is 2.52. The number of para-hydroxylation sites is 3. The van der Waals surface area contributed by atoms with Gasteiger partial charge in [0.25, 0.3) is 0 Å². The Morgan fingerprint density at radius 3 is 2.35 bits per heavy atom. The number of benzene rings is 3. The zero-order valence-corrected chi connectivity index (χ0v) is 14.9. The molecule has 3 aromatic rings. The van der Waals surface area contributed by atoms with Gasteiger partial charge in [-0.05, 0) is 42.0 Å². The predicted molar refractivity (Wildman–Crippen MR) is 105 cm³/mol. The van der Waals surface area contributed by atoms with Crippen molar-refractivity contribution in [2.45, 2.75) is 6.54 Å². The van der Waals surface area contributed by atoms with Gasteiger partial charge >= 0.3 is 0 Å². The van der Waals surface area contributed by atoms with Crippen LogP contribution in [0.15, 0.2) is 78.9 Å². The Hall–Kier alpha value is -2.82. The number of nitrogens with one attached hydrogen (secondary N) is 2. The maximum atomic E-state index is 12.2. The third-order valence-electron chi connectivity index (χ3n) is 3.66. The summed E-state index contributed by atoms with van der Waals surface area (Å²) in [5.41, 5.74) is 1.70. The summed E-state index contributed by atoms with van der Waals surface area (Å²) in [4.78, 5) is 12.2. The number of hydrogen-bond donors (Lipinski definition) is 2. The topological polar surface area (TPSA) is 50.4 Å². The van der Waals surface area contributed by atoms with Crippen molar-refractivity contribution in [1.82, 2.24) is 5.32 Å². The number of rotatable bonds is 7. The van der Waals surface area contributed by atoms with Gasteiger partial charge in [0.05, 0.1) is 12.2 Å². The number of carbonyl (C=O) groups is 1. The molecule has 1 amide bonds. The number of ether oxygens (including phenoxy) is 1. The van der Waals surface area contributed by atoms with E-state index in [-0.39, 0.29) is 12.5 Å². The molecule has 0 saturated carbocycles. The molecule has 0 aromatic heterocycles. The molecular formula is C21H19ClN2O2. The van der Waals surface area contributed by atoms with Crippen LogP contribution >= 0.6 is 11.6 Å². The smallest absolute Gasteiger partial charge is 0.238 e. The molecule has 0 aliphatic carbocycles. The molecule has 0 fully saturated rings. The molecule has 26 heavy (non-hydrogen) atoms. The Morgan fingerprint density at radius 2 is 1.58 bits per heavy atom. The highest BCUT2D eigenvalue weighted by atomic mass is 35.5. The van der Waals surface area contributed by atoms with E-state index in [1.165, 1.54) is 0 Å². The van der Waals surface area contributed by atoms with Crippen LogP contribution in [0.25, 0.3) is 0 Å². The zero-order valence-electron chi connectivity index (χ0n) is 14.1. The van der Waals surface area contributed by atoms with Gasteiger partial charge in [-0.25, -0.2) is 0 Å². The first-order chi connectivity index (χ1) is 12.7. The molecule has 5 heteroatoms. The molecule has 0 aliphatic rings. The lowest BCUT2D eigenvalue weighted by molar-refractivity contribution is -0.115. The summed E-state index contributed by atoms with van der Waals surface area (Å²) >= 11 is 5.86. The van der Waals surface area contributed by atoms with Gasteiger partial charge in [-0.3, -0.25) is 4.79 Å². The van der Waals surface area contributed by atoms with Gasteiger partial charge in [0.2, 0.25) is 5.91 Å². The molecule has 0 atom stereocenters. The average Bonchev–Trinajstić information content (AvgIpc) is 2.66. The van der Waals surface area contributed by atoms with E-state index in [0.717, 1.165) is 11.3 Å². The molecule has 0 bridgehead atoms. The van der Waals surface area contributed by atoms with Crippen LogP contribution in [0.4, 0.5) is 5.69 Å². The molecular weight excluding hydrogens is 348 g/mol. The van der Waals surface area contributed by atoms with Crippen LogP contribution in [0.2, 0.25) is 5.02 Å². The van der Waals surface area contributed by atoms with Crippen molar-refractivity contribution in [2.75, 3.05) is 11.9 Å². The van der Waals surface area contributed by atoms with Gasteiger partial charge in [0.1, 0.15) is 5.75 Å². The third kappa shape index (κ3) is 5.34. The molecule has 0 saturated heterocycles. The second kappa shape index (κ2) is 9.04. The molecule has 0 heterocycles. The standard InChI is InChI=1S/C21H19ClN2O2/c22-17-12-10-16(11-13-17)14-23-15-21(25)24-19-8-4-5-9-20(19)26-18-6-2-1-3-7-18/h1-13,23H,14-15H2,(H,24,25). The lowest BCUT2D eigenvalue weighted by Gasteiger charge is -2.12. The zero-order chi connectivity index (χ0) is 18.2. The van der Waals surface area contributed by atoms with E-state index in [1.54, 1.807) is 0 Å². The van der Waals surface area contributed by atoms with E-state index in [1.807, 2.05) is 78.9 Å². The predicted octanol–water partition coefficient (Wildman–Crippen LogP) is 4.86. The summed E-state index contributed by atoms with van der Waals surface area (Å²) in [6.07, 6.45) is 0. The lowest BCUT2D eigenvalue weighted by Crippen LogP contribution is -2.27. The molecule has 0 unspecified atom stereocenters. The van der Waals surface area contributed by atoms with Crippen molar-refractivity contribution < 1.29 is 9.53 Å². The number of hydrogen-bond acceptors (Lipinski definition) is 3. The molecule has 0 spiro atoms. The largest absolute Gasteiger partial charge is 0.455 e. The van der Waals surface area contributed by atoms with E-state index in [9.17, 15) is 4.79 Å². The number of carbonyl (C=O) groups excluding carboxylic acids is 1. The first-order valence-corrected chi connectivity index (χ1v) is 8.65. The van der Waals surface area contributed by atoms with E-state index < -0.39 is 0 Å². The van der Waals surface area contributed by atoms with Crippen LogP contribution < -0.4 is 15.4 Å². The van der Waals surface area contributed by atoms with Crippen LogP contribution in [-0.4, -0.2) is 12.5 Å². The van der Waals surface area contributed by atoms with Crippen LogP contribution in [0.1, 0.15) is 5.56 Å².